The number of aromatic nitrogens is 3. The minimum absolute atomic E-state index is 0.0765. The number of benzene rings is 2. The Morgan fingerprint density at radius 3 is 2.27 bits per heavy atom. The number of hydrogen-bond acceptors (Lipinski definition) is 11. The number of nitrogens with one attached hydrogen (secondary N) is 1. The van der Waals surface area contributed by atoms with Gasteiger partial charge in [0.05, 0.1) is 22.9 Å². The average molecular weight is 539 g/mol. The predicted octanol–water partition coefficient (Wildman–Crippen LogP) is 1.57. The zero-order valence-electron chi connectivity index (χ0n) is 16.5. The van der Waals surface area contributed by atoms with Crippen molar-refractivity contribution >= 4 is 64.4 Å². The van der Waals surface area contributed by atoms with Gasteiger partial charge in [0.1, 0.15) is 10.7 Å². The molecule has 13 nitrogen and oxygen atoms in total. The molecule has 0 amide bonds. The van der Waals surface area contributed by atoms with Gasteiger partial charge in [-0.05, 0) is 30.7 Å². The van der Waals surface area contributed by atoms with Crippen LogP contribution in [0.15, 0.2) is 40.1 Å². The van der Waals surface area contributed by atoms with Crippen molar-refractivity contribution in [3.05, 3.63) is 41.4 Å². The van der Waals surface area contributed by atoms with E-state index in [1.165, 1.54) is 37.3 Å². The smallest absolute Gasteiger partial charge is 0.323 e. The van der Waals surface area contributed by atoms with Gasteiger partial charge in [-0.3, -0.25) is 9.11 Å². The predicted molar refractivity (Wildman–Crippen MR) is 116 cm³/mol. The summed E-state index contributed by atoms with van der Waals surface area (Å²) in [5.41, 5.74) is -0.170. The third kappa shape index (κ3) is 6.11. The van der Waals surface area contributed by atoms with Gasteiger partial charge >= 0.3 is 10.4 Å². The summed E-state index contributed by atoms with van der Waals surface area (Å²) in [6.45, 7) is 0.646. The highest BCUT2D eigenvalue weighted by Crippen LogP contribution is 2.35. The molecule has 2 aromatic carbocycles. The average Bonchev–Trinajstić information content (AvgIpc) is 2.64. The summed E-state index contributed by atoms with van der Waals surface area (Å²) in [6, 6.07) is 6.13. The standard InChI is InChI=1S/C16H15ClN4O9S3/c1-9-18-15(17)21-16(19-9)20-12-6-5-10-11(14(12)32(24,25)26)3-2-4-13(10)31(22,23)8-7-30-33(27,28)29/h2-6H,7-8H2,1H3,(H,24,25,26)(H,27,28,29)(H,18,19,20,21). The Morgan fingerprint density at radius 2 is 1.67 bits per heavy atom. The number of sulfone groups is 1. The van der Waals surface area contributed by atoms with Crippen LogP contribution in [0, 0.1) is 6.92 Å². The Kier molecular flexibility index (Phi) is 6.90. The zero-order valence-corrected chi connectivity index (χ0v) is 19.7. The zero-order chi connectivity index (χ0) is 24.6. The fourth-order valence-corrected chi connectivity index (χ4v) is 5.71. The first-order chi connectivity index (χ1) is 15.2. The second kappa shape index (κ2) is 9.05. The maximum Gasteiger partial charge on any atom is 0.397 e. The molecular weight excluding hydrogens is 524 g/mol. The summed E-state index contributed by atoms with van der Waals surface area (Å²) in [5.74, 6) is -0.731. The molecule has 3 aromatic rings. The second-order valence-electron chi connectivity index (χ2n) is 6.44. The fraction of sp³-hybridized carbons (Fsp3) is 0.188. The van der Waals surface area contributed by atoms with Gasteiger partial charge in [-0.2, -0.15) is 26.8 Å². The van der Waals surface area contributed by atoms with Gasteiger partial charge in [0.25, 0.3) is 10.1 Å². The van der Waals surface area contributed by atoms with Crippen molar-refractivity contribution in [1.82, 2.24) is 15.0 Å². The number of rotatable bonds is 8. The summed E-state index contributed by atoms with van der Waals surface area (Å²) in [4.78, 5) is 10.6. The largest absolute Gasteiger partial charge is 0.397 e. The van der Waals surface area contributed by atoms with Crippen molar-refractivity contribution in [2.75, 3.05) is 17.7 Å². The number of fused-ring (bicyclic) bond motifs is 1. The van der Waals surface area contributed by atoms with Crippen LogP contribution in [-0.4, -0.2) is 61.7 Å². The maximum absolute atomic E-state index is 12.7. The van der Waals surface area contributed by atoms with Gasteiger partial charge in [0.2, 0.25) is 11.2 Å². The van der Waals surface area contributed by atoms with E-state index in [0.29, 0.717) is 0 Å². The molecule has 0 spiro atoms. The molecule has 0 saturated carbocycles. The molecule has 3 rings (SSSR count). The molecule has 0 fully saturated rings. The third-order valence-electron chi connectivity index (χ3n) is 4.12. The Morgan fingerprint density at radius 1 is 0.970 bits per heavy atom. The highest BCUT2D eigenvalue weighted by Gasteiger charge is 2.25. The van der Waals surface area contributed by atoms with Gasteiger partial charge in [0.15, 0.2) is 9.84 Å². The number of aryl methyl sites for hydroxylation is 1. The van der Waals surface area contributed by atoms with E-state index in [1.807, 2.05) is 0 Å². The summed E-state index contributed by atoms with van der Waals surface area (Å²) in [6.07, 6.45) is 0. The van der Waals surface area contributed by atoms with E-state index in [0.717, 1.165) is 0 Å². The Balaban J connectivity index is 2.15. The monoisotopic (exact) mass is 538 g/mol. The number of anilines is 2. The first kappa shape index (κ1) is 25.2. The summed E-state index contributed by atoms with van der Waals surface area (Å²) >= 11 is 5.78. The molecule has 178 valence electrons. The molecule has 0 bridgehead atoms. The molecule has 1 aromatic heterocycles. The van der Waals surface area contributed by atoms with Crippen LogP contribution in [0.1, 0.15) is 5.82 Å². The second-order valence-corrected chi connectivity index (χ2v) is 11.3. The molecule has 0 aliphatic rings. The van der Waals surface area contributed by atoms with Gasteiger partial charge in [-0.15, -0.1) is 0 Å². The molecule has 0 unspecified atom stereocenters. The topological polar surface area (TPSA) is 203 Å². The molecule has 0 saturated heterocycles. The van der Waals surface area contributed by atoms with Crippen LogP contribution in [0.4, 0.5) is 11.6 Å². The highest BCUT2D eigenvalue weighted by molar-refractivity contribution is 7.91. The SMILES string of the molecule is Cc1nc(Cl)nc(Nc2ccc3c(S(=O)(=O)CCOS(=O)(=O)O)cccc3c2S(=O)(=O)O)n1. The van der Waals surface area contributed by atoms with E-state index in [1.54, 1.807) is 0 Å². The quantitative estimate of drug-likeness (QED) is 0.349. The van der Waals surface area contributed by atoms with Crippen molar-refractivity contribution in [3.63, 3.8) is 0 Å². The van der Waals surface area contributed by atoms with E-state index in [-0.39, 0.29) is 38.4 Å². The van der Waals surface area contributed by atoms with Crippen molar-refractivity contribution in [3.8, 4) is 0 Å². The van der Waals surface area contributed by atoms with Crippen molar-refractivity contribution in [1.29, 1.82) is 0 Å². The van der Waals surface area contributed by atoms with Crippen LogP contribution in [0.5, 0.6) is 0 Å². The van der Waals surface area contributed by atoms with Crippen LogP contribution in [0.2, 0.25) is 5.28 Å². The Hall–Kier alpha value is -2.47. The van der Waals surface area contributed by atoms with E-state index in [4.69, 9.17) is 16.2 Å². The lowest BCUT2D eigenvalue weighted by molar-refractivity contribution is 0.284. The number of nitrogens with zero attached hydrogens (tertiary/aromatic N) is 3. The lowest BCUT2D eigenvalue weighted by Crippen LogP contribution is -2.16. The highest BCUT2D eigenvalue weighted by atomic mass is 35.5. The molecule has 0 radical (unpaired) electrons. The number of hydrogen-bond donors (Lipinski definition) is 3. The normalized spacial score (nSPS) is 12.7. The van der Waals surface area contributed by atoms with E-state index < -0.39 is 47.6 Å². The molecule has 0 atom stereocenters. The van der Waals surface area contributed by atoms with Crippen molar-refractivity contribution in [2.24, 2.45) is 0 Å². The summed E-state index contributed by atoms with van der Waals surface area (Å²) in [7, 11) is -13.9. The minimum Gasteiger partial charge on any atom is -0.323 e. The van der Waals surface area contributed by atoms with Crippen molar-refractivity contribution in [2.45, 2.75) is 16.7 Å². The maximum atomic E-state index is 12.7. The lowest BCUT2D eigenvalue weighted by Gasteiger charge is -2.14. The van der Waals surface area contributed by atoms with Crippen LogP contribution in [-0.2, 0) is 34.5 Å². The van der Waals surface area contributed by atoms with Gasteiger partial charge < -0.3 is 5.32 Å². The van der Waals surface area contributed by atoms with Crippen LogP contribution >= 0.6 is 11.6 Å². The minimum atomic E-state index is -4.90. The first-order valence-electron chi connectivity index (χ1n) is 8.70. The Bertz CT molecular complexity index is 1540. The van der Waals surface area contributed by atoms with Crippen molar-refractivity contribution < 1.29 is 38.5 Å². The van der Waals surface area contributed by atoms with Crippen LogP contribution in [0.25, 0.3) is 10.8 Å². The molecule has 0 aliphatic heterocycles. The molecule has 3 N–H and O–H groups in total. The molecule has 0 aliphatic carbocycles. The van der Waals surface area contributed by atoms with Gasteiger partial charge in [0, 0.05) is 10.8 Å². The fourth-order valence-electron chi connectivity index (χ4n) is 2.93. The van der Waals surface area contributed by atoms with Gasteiger partial charge in [-0.25, -0.2) is 17.6 Å². The van der Waals surface area contributed by atoms with Crippen LogP contribution < -0.4 is 5.32 Å². The van der Waals surface area contributed by atoms with Crippen LogP contribution in [0.3, 0.4) is 0 Å². The first-order valence-corrected chi connectivity index (χ1v) is 13.5. The molecular formula is C16H15ClN4O9S3. The molecule has 1 heterocycles. The third-order valence-corrected chi connectivity index (χ3v) is 7.44. The summed E-state index contributed by atoms with van der Waals surface area (Å²) < 4.78 is 93.7. The van der Waals surface area contributed by atoms with E-state index in [9.17, 15) is 29.8 Å². The molecule has 17 heteroatoms. The number of halogens is 1. The summed E-state index contributed by atoms with van der Waals surface area (Å²) in [5, 5.41) is 2.21. The van der Waals surface area contributed by atoms with E-state index >= 15 is 0 Å². The van der Waals surface area contributed by atoms with E-state index in [2.05, 4.69) is 24.5 Å². The molecule has 33 heavy (non-hydrogen) atoms. The Labute approximate surface area is 193 Å². The van der Waals surface area contributed by atoms with Gasteiger partial charge in [-0.1, -0.05) is 18.2 Å². The lowest BCUT2D eigenvalue weighted by atomic mass is 10.1.